The van der Waals surface area contributed by atoms with Crippen LogP contribution in [0.5, 0.6) is 0 Å². The minimum absolute atomic E-state index is 0.547. The van der Waals surface area contributed by atoms with Crippen LogP contribution >= 0.6 is 22.9 Å². The highest BCUT2D eigenvalue weighted by Crippen LogP contribution is 2.27. The summed E-state index contributed by atoms with van der Waals surface area (Å²) in [5.74, 6) is 0. The third-order valence-electron chi connectivity index (χ3n) is 2.09. The van der Waals surface area contributed by atoms with E-state index >= 15 is 0 Å². The zero-order chi connectivity index (χ0) is 8.60. The van der Waals surface area contributed by atoms with Crippen molar-refractivity contribution in [3.05, 3.63) is 21.3 Å². The van der Waals surface area contributed by atoms with Gasteiger partial charge in [-0.15, -0.1) is 11.3 Å². The van der Waals surface area contributed by atoms with Crippen molar-refractivity contribution in [3.8, 4) is 0 Å². The van der Waals surface area contributed by atoms with Gasteiger partial charge in [-0.05, 0) is 11.4 Å². The minimum atomic E-state index is -0.547. The zero-order valence-electron chi connectivity index (χ0n) is 6.51. The molecule has 0 aliphatic carbocycles. The van der Waals surface area contributed by atoms with E-state index in [1.807, 2.05) is 11.4 Å². The molecule has 1 aliphatic heterocycles. The van der Waals surface area contributed by atoms with Crippen molar-refractivity contribution in [1.82, 2.24) is 5.32 Å². The molecule has 2 nitrogen and oxygen atoms in total. The van der Waals surface area contributed by atoms with Crippen molar-refractivity contribution in [3.63, 3.8) is 0 Å². The second kappa shape index (κ2) is 3.00. The Hall–Kier alpha value is -0.0900. The number of rotatable bonds is 2. The van der Waals surface area contributed by atoms with Crippen LogP contribution in [0.15, 0.2) is 11.4 Å². The van der Waals surface area contributed by atoms with Crippen LogP contribution in [0.3, 0.4) is 0 Å². The Morgan fingerprint density at radius 3 is 2.83 bits per heavy atom. The molecule has 0 amide bonds. The quantitative estimate of drug-likeness (QED) is 0.759. The van der Waals surface area contributed by atoms with Gasteiger partial charge in [0.25, 0.3) is 0 Å². The first-order chi connectivity index (χ1) is 5.70. The zero-order valence-corrected chi connectivity index (χ0v) is 8.08. The fourth-order valence-electron chi connectivity index (χ4n) is 1.29. The normalized spacial score (nSPS) is 20.5. The summed E-state index contributed by atoms with van der Waals surface area (Å²) in [6.07, 6.45) is 0.677. The molecule has 4 heteroatoms. The van der Waals surface area contributed by atoms with Gasteiger partial charge >= 0.3 is 0 Å². The summed E-state index contributed by atoms with van der Waals surface area (Å²) in [6, 6.07) is 1.87. The molecule has 0 radical (unpaired) electrons. The van der Waals surface area contributed by atoms with Gasteiger partial charge in [0, 0.05) is 24.4 Å². The molecule has 0 aromatic carbocycles. The first kappa shape index (κ1) is 8.51. The summed E-state index contributed by atoms with van der Waals surface area (Å²) in [7, 11) is 0. The summed E-state index contributed by atoms with van der Waals surface area (Å²) >= 11 is 7.51. The molecule has 0 bridgehead atoms. The molecule has 1 aromatic rings. The standard InChI is InChI=1S/C8H10ClNOS/c9-6-1-2-12-7(6)3-8(11)4-10-5-8/h1-2,10-11H,3-5H2. The summed E-state index contributed by atoms with van der Waals surface area (Å²) in [6.45, 7) is 1.36. The molecule has 1 saturated heterocycles. The first-order valence-corrected chi connectivity index (χ1v) is 5.10. The molecule has 0 spiro atoms. The van der Waals surface area contributed by atoms with Gasteiger partial charge in [-0.2, -0.15) is 0 Å². The number of halogens is 1. The molecule has 0 unspecified atom stereocenters. The lowest BCUT2D eigenvalue weighted by Crippen LogP contribution is -2.60. The lowest BCUT2D eigenvalue weighted by molar-refractivity contribution is -0.00832. The van der Waals surface area contributed by atoms with Crippen LogP contribution in [0.1, 0.15) is 4.88 Å². The number of aliphatic hydroxyl groups is 1. The van der Waals surface area contributed by atoms with E-state index in [0.29, 0.717) is 19.5 Å². The molecule has 2 rings (SSSR count). The summed E-state index contributed by atoms with van der Waals surface area (Å²) in [5, 5.41) is 15.6. The highest BCUT2D eigenvalue weighted by Gasteiger charge is 2.35. The SMILES string of the molecule is OC1(Cc2sccc2Cl)CNC1. The second-order valence-corrected chi connectivity index (χ2v) is 4.60. The van der Waals surface area contributed by atoms with Crippen LogP contribution in [-0.4, -0.2) is 23.8 Å². The lowest BCUT2D eigenvalue weighted by Gasteiger charge is -2.37. The van der Waals surface area contributed by atoms with E-state index in [2.05, 4.69) is 5.32 Å². The Labute approximate surface area is 80.2 Å². The van der Waals surface area contributed by atoms with E-state index in [9.17, 15) is 5.11 Å². The van der Waals surface area contributed by atoms with Gasteiger partial charge in [-0.3, -0.25) is 0 Å². The van der Waals surface area contributed by atoms with Crippen LogP contribution in [0.4, 0.5) is 0 Å². The van der Waals surface area contributed by atoms with E-state index < -0.39 is 5.60 Å². The van der Waals surface area contributed by atoms with Crippen LogP contribution < -0.4 is 5.32 Å². The van der Waals surface area contributed by atoms with Gasteiger partial charge in [0.2, 0.25) is 0 Å². The smallest absolute Gasteiger partial charge is 0.0943 e. The number of β-amino-alcohol motifs (C(OH)–C–C–N with tert-alkyl or cyclic N) is 1. The Balaban J connectivity index is 2.08. The summed E-state index contributed by atoms with van der Waals surface area (Å²) in [4.78, 5) is 1.08. The summed E-state index contributed by atoms with van der Waals surface area (Å²) in [5.41, 5.74) is -0.547. The maximum atomic E-state index is 9.79. The number of hydrogen-bond donors (Lipinski definition) is 2. The van der Waals surface area contributed by atoms with Crippen LogP contribution in [0.2, 0.25) is 5.02 Å². The monoisotopic (exact) mass is 203 g/mol. The van der Waals surface area contributed by atoms with Gasteiger partial charge in [0.05, 0.1) is 10.6 Å². The molecule has 66 valence electrons. The topological polar surface area (TPSA) is 32.3 Å². The van der Waals surface area contributed by atoms with Gasteiger partial charge in [-0.25, -0.2) is 0 Å². The number of nitrogens with one attached hydrogen (secondary N) is 1. The highest BCUT2D eigenvalue weighted by atomic mass is 35.5. The third kappa shape index (κ3) is 1.50. The van der Waals surface area contributed by atoms with E-state index in [4.69, 9.17) is 11.6 Å². The fourth-order valence-corrected chi connectivity index (χ4v) is 2.53. The van der Waals surface area contributed by atoms with Gasteiger partial charge in [0.15, 0.2) is 0 Å². The average molecular weight is 204 g/mol. The number of thiophene rings is 1. The second-order valence-electron chi connectivity index (χ2n) is 3.20. The largest absolute Gasteiger partial charge is 0.387 e. The highest BCUT2D eigenvalue weighted by molar-refractivity contribution is 7.10. The average Bonchev–Trinajstić information content (AvgIpc) is 2.34. The van der Waals surface area contributed by atoms with Gasteiger partial charge < -0.3 is 10.4 Å². The Morgan fingerprint density at radius 2 is 2.42 bits per heavy atom. The molecule has 1 aromatic heterocycles. The Bertz CT molecular complexity index is 282. The minimum Gasteiger partial charge on any atom is -0.387 e. The van der Waals surface area contributed by atoms with Gasteiger partial charge in [-0.1, -0.05) is 11.6 Å². The van der Waals surface area contributed by atoms with E-state index in [1.165, 1.54) is 0 Å². The Morgan fingerprint density at radius 1 is 1.67 bits per heavy atom. The molecule has 1 aliphatic rings. The van der Waals surface area contributed by atoms with Crippen molar-refractivity contribution in [2.24, 2.45) is 0 Å². The van der Waals surface area contributed by atoms with Crippen molar-refractivity contribution >= 4 is 22.9 Å². The predicted molar refractivity (Wildman–Crippen MR) is 50.9 cm³/mol. The first-order valence-electron chi connectivity index (χ1n) is 3.85. The third-order valence-corrected chi connectivity index (χ3v) is 3.48. The van der Waals surface area contributed by atoms with Crippen LogP contribution in [0, 0.1) is 0 Å². The van der Waals surface area contributed by atoms with E-state index in [-0.39, 0.29) is 0 Å². The molecular formula is C8H10ClNOS. The molecule has 2 heterocycles. The molecular weight excluding hydrogens is 194 g/mol. The number of hydrogen-bond acceptors (Lipinski definition) is 3. The van der Waals surface area contributed by atoms with Crippen LogP contribution in [-0.2, 0) is 6.42 Å². The van der Waals surface area contributed by atoms with Crippen molar-refractivity contribution < 1.29 is 5.11 Å². The summed E-state index contributed by atoms with van der Waals surface area (Å²) < 4.78 is 0. The molecule has 0 saturated carbocycles. The Kier molecular flexibility index (Phi) is 2.12. The van der Waals surface area contributed by atoms with Crippen molar-refractivity contribution in [2.75, 3.05) is 13.1 Å². The van der Waals surface area contributed by atoms with Crippen molar-refractivity contribution in [1.29, 1.82) is 0 Å². The van der Waals surface area contributed by atoms with E-state index in [0.717, 1.165) is 9.90 Å². The fraction of sp³-hybridized carbons (Fsp3) is 0.500. The molecule has 0 atom stereocenters. The molecule has 12 heavy (non-hydrogen) atoms. The maximum Gasteiger partial charge on any atom is 0.0943 e. The van der Waals surface area contributed by atoms with E-state index in [1.54, 1.807) is 11.3 Å². The lowest BCUT2D eigenvalue weighted by atomic mass is 9.92. The molecule has 1 fully saturated rings. The predicted octanol–water partition coefficient (Wildman–Crippen LogP) is 1.28. The van der Waals surface area contributed by atoms with Crippen molar-refractivity contribution in [2.45, 2.75) is 12.0 Å². The maximum absolute atomic E-state index is 9.79. The van der Waals surface area contributed by atoms with Gasteiger partial charge in [0.1, 0.15) is 0 Å². The van der Waals surface area contributed by atoms with Crippen LogP contribution in [0.25, 0.3) is 0 Å². The molecule has 2 N–H and O–H groups in total.